The summed E-state index contributed by atoms with van der Waals surface area (Å²) in [5.41, 5.74) is 3.15. The van der Waals surface area contributed by atoms with E-state index < -0.39 is 17.6 Å². The molecule has 1 amide bonds. The zero-order valence-corrected chi connectivity index (χ0v) is 13.9. The predicted octanol–water partition coefficient (Wildman–Crippen LogP) is 4.44. The molecule has 3 rings (SSSR count). The van der Waals surface area contributed by atoms with Gasteiger partial charge in [-0.1, -0.05) is 24.3 Å². The van der Waals surface area contributed by atoms with Gasteiger partial charge in [0.1, 0.15) is 0 Å². The molecule has 0 unspecified atom stereocenters. The smallest absolute Gasteiger partial charge is 0.347 e. The van der Waals surface area contributed by atoms with E-state index in [4.69, 9.17) is 0 Å². The SMILES string of the molecule is CCn1cc(/C=N\NC(=O)c2cccc(C(F)(F)F)c2)c2ccccc21. The Bertz CT molecular complexity index is 974. The van der Waals surface area contributed by atoms with Gasteiger partial charge in [-0.3, -0.25) is 4.79 Å². The molecular formula is C19H16F3N3O. The summed E-state index contributed by atoms with van der Waals surface area (Å²) < 4.78 is 40.2. The standard InChI is InChI=1S/C19H16F3N3O/c1-2-25-12-14(16-8-3-4-9-17(16)25)11-23-24-18(26)13-6-5-7-15(10-13)19(20,21)22/h3-12H,2H2,1H3,(H,24,26)/b23-11-. The minimum absolute atomic E-state index is 0.104. The first-order valence-electron chi connectivity index (χ1n) is 7.98. The van der Waals surface area contributed by atoms with Crippen LogP contribution in [0, 0.1) is 0 Å². The Kier molecular flexibility index (Phi) is 4.79. The maximum Gasteiger partial charge on any atom is 0.416 e. The first kappa shape index (κ1) is 17.7. The lowest BCUT2D eigenvalue weighted by Crippen LogP contribution is -2.18. The van der Waals surface area contributed by atoms with E-state index in [1.54, 1.807) is 0 Å². The summed E-state index contributed by atoms with van der Waals surface area (Å²) in [4.78, 5) is 12.0. The van der Waals surface area contributed by atoms with Crippen LogP contribution in [0.15, 0.2) is 59.8 Å². The van der Waals surface area contributed by atoms with Gasteiger partial charge >= 0.3 is 6.18 Å². The third-order valence-electron chi connectivity index (χ3n) is 3.98. The highest BCUT2D eigenvalue weighted by Crippen LogP contribution is 2.29. The second kappa shape index (κ2) is 7.03. The van der Waals surface area contributed by atoms with Gasteiger partial charge in [0, 0.05) is 34.8 Å². The number of amides is 1. The molecule has 0 fully saturated rings. The molecule has 0 atom stereocenters. The number of hydrogen-bond acceptors (Lipinski definition) is 2. The zero-order valence-electron chi connectivity index (χ0n) is 13.9. The topological polar surface area (TPSA) is 46.4 Å². The molecule has 3 aromatic rings. The average Bonchev–Trinajstić information content (AvgIpc) is 2.99. The summed E-state index contributed by atoms with van der Waals surface area (Å²) in [6, 6.07) is 12.0. The minimum Gasteiger partial charge on any atom is -0.347 e. The van der Waals surface area contributed by atoms with Crippen LogP contribution < -0.4 is 5.43 Å². The lowest BCUT2D eigenvalue weighted by atomic mass is 10.1. The van der Waals surface area contributed by atoms with Crippen molar-refractivity contribution < 1.29 is 18.0 Å². The number of benzene rings is 2. The molecule has 0 aliphatic rings. The molecule has 0 aliphatic carbocycles. The molecule has 1 heterocycles. The van der Waals surface area contributed by atoms with E-state index in [1.807, 2.05) is 42.0 Å². The summed E-state index contributed by atoms with van der Waals surface area (Å²) in [6.45, 7) is 2.80. The van der Waals surface area contributed by atoms with Crippen molar-refractivity contribution in [1.82, 2.24) is 9.99 Å². The summed E-state index contributed by atoms with van der Waals surface area (Å²) in [6.07, 6.45) is -1.11. The first-order chi connectivity index (χ1) is 12.4. The average molecular weight is 359 g/mol. The first-order valence-corrected chi connectivity index (χ1v) is 7.98. The summed E-state index contributed by atoms with van der Waals surface area (Å²) in [5, 5.41) is 4.87. The quantitative estimate of drug-likeness (QED) is 0.543. The third kappa shape index (κ3) is 3.61. The monoisotopic (exact) mass is 359 g/mol. The molecule has 0 spiro atoms. The van der Waals surface area contributed by atoms with Crippen molar-refractivity contribution in [2.45, 2.75) is 19.6 Å². The molecular weight excluding hydrogens is 343 g/mol. The zero-order chi connectivity index (χ0) is 18.7. The lowest BCUT2D eigenvalue weighted by molar-refractivity contribution is -0.137. The Morgan fingerprint density at radius 3 is 2.69 bits per heavy atom. The number of carbonyl (C=O) groups excluding carboxylic acids is 1. The fourth-order valence-electron chi connectivity index (χ4n) is 2.70. The number of nitrogens with zero attached hydrogens (tertiary/aromatic N) is 2. The van der Waals surface area contributed by atoms with Gasteiger partial charge in [0.15, 0.2) is 0 Å². The van der Waals surface area contributed by atoms with E-state index in [0.717, 1.165) is 35.1 Å². The second-order valence-electron chi connectivity index (χ2n) is 5.67. The fraction of sp³-hybridized carbons (Fsp3) is 0.158. The highest BCUT2D eigenvalue weighted by Gasteiger charge is 2.30. The number of nitrogens with one attached hydrogen (secondary N) is 1. The van der Waals surface area contributed by atoms with E-state index in [1.165, 1.54) is 18.3 Å². The van der Waals surface area contributed by atoms with Crippen molar-refractivity contribution in [2.24, 2.45) is 5.10 Å². The number of fused-ring (bicyclic) bond motifs is 1. The van der Waals surface area contributed by atoms with Gasteiger partial charge < -0.3 is 4.57 Å². The van der Waals surface area contributed by atoms with Crippen LogP contribution in [0.3, 0.4) is 0 Å². The van der Waals surface area contributed by atoms with E-state index in [0.29, 0.717) is 0 Å². The third-order valence-corrected chi connectivity index (χ3v) is 3.98. The number of halogens is 3. The van der Waals surface area contributed by atoms with Crippen LogP contribution in [0.2, 0.25) is 0 Å². The molecule has 0 aliphatic heterocycles. The number of aryl methyl sites for hydroxylation is 1. The predicted molar refractivity (Wildman–Crippen MR) is 94.1 cm³/mol. The Hall–Kier alpha value is -3.09. The minimum atomic E-state index is -4.50. The lowest BCUT2D eigenvalue weighted by Gasteiger charge is -2.07. The van der Waals surface area contributed by atoms with Crippen molar-refractivity contribution in [2.75, 3.05) is 0 Å². The molecule has 7 heteroatoms. The summed E-state index contributed by atoms with van der Waals surface area (Å²) in [5.74, 6) is -0.702. The van der Waals surface area contributed by atoms with Gasteiger partial charge in [-0.25, -0.2) is 5.43 Å². The number of rotatable bonds is 4. The van der Waals surface area contributed by atoms with E-state index in [2.05, 4.69) is 10.5 Å². The molecule has 0 saturated carbocycles. The molecule has 0 saturated heterocycles. The summed E-state index contributed by atoms with van der Waals surface area (Å²) in [7, 11) is 0. The van der Waals surface area contributed by atoms with Crippen LogP contribution >= 0.6 is 0 Å². The second-order valence-corrected chi connectivity index (χ2v) is 5.67. The van der Waals surface area contributed by atoms with Gasteiger partial charge in [-0.05, 0) is 31.2 Å². The van der Waals surface area contributed by atoms with Crippen LogP contribution in [-0.2, 0) is 12.7 Å². The molecule has 0 radical (unpaired) electrons. The van der Waals surface area contributed by atoms with Gasteiger partial charge in [-0.2, -0.15) is 18.3 Å². The molecule has 1 aromatic heterocycles. The Morgan fingerprint density at radius 1 is 1.19 bits per heavy atom. The van der Waals surface area contributed by atoms with Crippen molar-refractivity contribution in [3.05, 3.63) is 71.4 Å². The maximum atomic E-state index is 12.7. The number of hydrazone groups is 1. The molecule has 0 bridgehead atoms. The molecule has 134 valence electrons. The molecule has 4 nitrogen and oxygen atoms in total. The normalized spacial score (nSPS) is 12.0. The molecule has 26 heavy (non-hydrogen) atoms. The number of hydrogen-bond donors (Lipinski definition) is 1. The Balaban J connectivity index is 1.78. The molecule has 1 N–H and O–H groups in total. The highest BCUT2D eigenvalue weighted by molar-refractivity contribution is 6.00. The van der Waals surface area contributed by atoms with Crippen LogP contribution in [0.5, 0.6) is 0 Å². The van der Waals surface area contributed by atoms with E-state index in [9.17, 15) is 18.0 Å². The van der Waals surface area contributed by atoms with E-state index >= 15 is 0 Å². The van der Waals surface area contributed by atoms with Crippen LogP contribution in [-0.4, -0.2) is 16.7 Å². The molecule has 2 aromatic carbocycles. The van der Waals surface area contributed by atoms with Crippen molar-refractivity contribution >= 4 is 23.0 Å². The van der Waals surface area contributed by atoms with E-state index in [-0.39, 0.29) is 5.56 Å². The van der Waals surface area contributed by atoms with Crippen molar-refractivity contribution in [3.8, 4) is 0 Å². The highest BCUT2D eigenvalue weighted by atomic mass is 19.4. The van der Waals surface area contributed by atoms with Crippen LogP contribution in [0.25, 0.3) is 10.9 Å². The van der Waals surface area contributed by atoms with Crippen LogP contribution in [0.1, 0.15) is 28.4 Å². The van der Waals surface area contributed by atoms with Gasteiger partial charge in [0.05, 0.1) is 11.8 Å². The van der Waals surface area contributed by atoms with Gasteiger partial charge in [0.2, 0.25) is 0 Å². The number of carbonyl (C=O) groups is 1. The maximum absolute atomic E-state index is 12.7. The largest absolute Gasteiger partial charge is 0.416 e. The van der Waals surface area contributed by atoms with Crippen LogP contribution in [0.4, 0.5) is 13.2 Å². The fourth-order valence-corrected chi connectivity index (χ4v) is 2.70. The van der Waals surface area contributed by atoms with Crippen molar-refractivity contribution in [1.29, 1.82) is 0 Å². The number of para-hydroxylation sites is 1. The number of aromatic nitrogens is 1. The number of alkyl halides is 3. The van der Waals surface area contributed by atoms with Crippen molar-refractivity contribution in [3.63, 3.8) is 0 Å². The summed E-state index contributed by atoms with van der Waals surface area (Å²) >= 11 is 0. The van der Waals surface area contributed by atoms with Gasteiger partial charge in [-0.15, -0.1) is 0 Å². The van der Waals surface area contributed by atoms with Gasteiger partial charge in [0.25, 0.3) is 5.91 Å². The Morgan fingerprint density at radius 2 is 1.96 bits per heavy atom. The Labute approximate surface area is 147 Å².